The van der Waals surface area contributed by atoms with Gasteiger partial charge in [0.25, 0.3) is 0 Å². The van der Waals surface area contributed by atoms with Crippen molar-refractivity contribution in [3.63, 3.8) is 0 Å². The van der Waals surface area contributed by atoms with E-state index < -0.39 is 17.5 Å². The first-order valence-corrected chi connectivity index (χ1v) is 7.84. The number of amides is 1. The van der Waals surface area contributed by atoms with Crippen molar-refractivity contribution in [1.82, 2.24) is 14.7 Å². The van der Waals surface area contributed by atoms with Crippen LogP contribution in [0.1, 0.15) is 13.3 Å². The first kappa shape index (κ1) is 16.4. The van der Waals surface area contributed by atoms with Gasteiger partial charge in [-0.2, -0.15) is 5.10 Å². The molecule has 1 aliphatic rings. The number of hydrogen-bond donors (Lipinski definition) is 1. The lowest BCUT2D eigenvalue weighted by Crippen LogP contribution is -2.58. The zero-order chi connectivity index (χ0) is 17.2. The maximum atomic E-state index is 13.3. The van der Waals surface area contributed by atoms with Gasteiger partial charge < -0.3 is 14.7 Å². The van der Waals surface area contributed by atoms with Gasteiger partial charge in [0.1, 0.15) is 29.8 Å². The molecule has 0 unspecified atom stereocenters. The van der Waals surface area contributed by atoms with Crippen molar-refractivity contribution in [2.75, 3.05) is 13.1 Å². The van der Waals surface area contributed by atoms with E-state index in [1.54, 1.807) is 47.1 Å². The average Bonchev–Trinajstić information content (AvgIpc) is 3.02. The molecular weight excluding hydrogens is 313 g/mol. The highest BCUT2D eigenvalue weighted by molar-refractivity contribution is 5.76. The Kier molecular flexibility index (Phi) is 4.53. The summed E-state index contributed by atoms with van der Waals surface area (Å²) in [5.74, 6) is -0.168. The molecule has 0 aliphatic carbocycles. The van der Waals surface area contributed by atoms with E-state index in [4.69, 9.17) is 4.74 Å². The van der Waals surface area contributed by atoms with E-state index in [0.717, 1.165) is 0 Å². The summed E-state index contributed by atoms with van der Waals surface area (Å²) in [5.41, 5.74) is -1.09. The molecule has 2 aromatic rings. The second kappa shape index (κ2) is 6.60. The highest BCUT2D eigenvalue weighted by Gasteiger charge is 2.40. The molecule has 2 atom stereocenters. The van der Waals surface area contributed by atoms with Crippen LogP contribution in [0.3, 0.4) is 0 Å². The van der Waals surface area contributed by atoms with Crippen molar-refractivity contribution in [3.8, 4) is 5.75 Å². The molecule has 7 heteroatoms. The maximum Gasteiger partial charge on any atom is 0.244 e. The van der Waals surface area contributed by atoms with Crippen LogP contribution in [0, 0.1) is 5.82 Å². The second-order valence-corrected chi connectivity index (χ2v) is 6.21. The highest BCUT2D eigenvalue weighted by atomic mass is 19.1. The molecule has 0 bridgehead atoms. The van der Waals surface area contributed by atoms with Gasteiger partial charge in [-0.15, -0.1) is 0 Å². The number of aromatic nitrogens is 2. The van der Waals surface area contributed by atoms with Gasteiger partial charge in [0, 0.05) is 25.0 Å². The van der Waals surface area contributed by atoms with Crippen LogP contribution in [0.25, 0.3) is 0 Å². The Bertz CT molecular complexity index is 703. The summed E-state index contributed by atoms with van der Waals surface area (Å²) in [6.07, 6.45) is 3.09. The summed E-state index contributed by atoms with van der Waals surface area (Å²) in [7, 11) is 0. The van der Waals surface area contributed by atoms with Crippen molar-refractivity contribution in [2.24, 2.45) is 0 Å². The maximum absolute atomic E-state index is 13.3. The molecule has 1 amide bonds. The molecule has 0 radical (unpaired) electrons. The monoisotopic (exact) mass is 333 g/mol. The molecule has 1 fully saturated rings. The van der Waals surface area contributed by atoms with E-state index in [-0.39, 0.29) is 19.0 Å². The predicted octanol–water partition coefficient (Wildman–Crippen LogP) is 1.45. The Morgan fingerprint density at radius 1 is 1.50 bits per heavy atom. The number of carbonyl (C=O) groups excluding carboxylic acids is 1. The van der Waals surface area contributed by atoms with Crippen molar-refractivity contribution in [2.45, 2.75) is 31.6 Å². The smallest absolute Gasteiger partial charge is 0.244 e. The number of piperidine rings is 1. The number of ether oxygens (including phenoxy) is 1. The zero-order valence-corrected chi connectivity index (χ0v) is 13.4. The van der Waals surface area contributed by atoms with Crippen LogP contribution in [-0.4, -0.2) is 50.5 Å². The van der Waals surface area contributed by atoms with Gasteiger partial charge in [-0.1, -0.05) is 6.07 Å². The number of carbonyl (C=O) groups is 1. The van der Waals surface area contributed by atoms with Crippen LogP contribution in [0.2, 0.25) is 0 Å². The number of nitrogens with zero attached hydrogens (tertiary/aromatic N) is 3. The second-order valence-electron chi connectivity index (χ2n) is 6.21. The topological polar surface area (TPSA) is 67.6 Å². The lowest BCUT2D eigenvalue weighted by atomic mass is 9.90. The molecule has 3 rings (SSSR count). The first-order chi connectivity index (χ1) is 11.4. The molecule has 1 N–H and O–H groups in total. The third kappa shape index (κ3) is 3.73. The van der Waals surface area contributed by atoms with E-state index >= 15 is 0 Å². The molecule has 24 heavy (non-hydrogen) atoms. The number of benzene rings is 1. The SMILES string of the molecule is C[C@@]1(O)CCN(C(=O)Cn2cccn2)C[C@H]1Oc1cccc(F)c1. The van der Waals surface area contributed by atoms with Gasteiger partial charge in [-0.3, -0.25) is 9.48 Å². The average molecular weight is 333 g/mol. The summed E-state index contributed by atoms with van der Waals surface area (Å²) in [4.78, 5) is 14.0. The third-order valence-electron chi connectivity index (χ3n) is 4.25. The Morgan fingerprint density at radius 2 is 2.33 bits per heavy atom. The summed E-state index contributed by atoms with van der Waals surface area (Å²) >= 11 is 0. The zero-order valence-electron chi connectivity index (χ0n) is 13.4. The Labute approximate surface area is 139 Å². The van der Waals surface area contributed by atoms with E-state index in [9.17, 15) is 14.3 Å². The fourth-order valence-corrected chi connectivity index (χ4v) is 2.74. The summed E-state index contributed by atoms with van der Waals surface area (Å²) < 4.78 is 20.6. The lowest BCUT2D eigenvalue weighted by molar-refractivity contribution is -0.144. The molecule has 6 nitrogen and oxygen atoms in total. The number of aliphatic hydroxyl groups is 1. The fraction of sp³-hybridized carbons (Fsp3) is 0.412. The van der Waals surface area contributed by atoms with Gasteiger partial charge in [-0.05, 0) is 31.5 Å². The van der Waals surface area contributed by atoms with Crippen LogP contribution in [0.4, 0.5) is 4.39 Å². The largest absolute Gasteiger partial charge is 0.485 e. The quantitative estimate of drug-likeness (QED) is 0.920. The van der Waals surface area contributed by atoms with E-state index in [0.29, 0.717) is 18.7 Å². The van der Waals surface area contributed by atoms with Gasteiger partial charge in [0.05, 0.1) is 6.54 Å². The summed E-state index contributed by atoms with van der Waals surface area (Å²) in [6, 6.07) is 7.52. The van der Waals surface area contributed by atoms with Crippen LogP contribution in [0.15, 0.2) is 42.7 Å². The molecule has 0 spiro atoms. The molecule has 128 valence electrons. The Morgan fingerprint density at radius 3 is 3.04 bits per heavy atom. The minimum absolute atomic E-state index is 0.0953. The van der Waals surface area contributed by atoms with Crippen LogP contribution >= 0.6 is 0 Å². The van der Waals surface area contributed by atoms with E-state index in [1.165, 1.54) is 12.1 Å². The summed E-state index contributed by atoms with van der Waals surface area (Å²) in [5, 5.41) is 14.6. The van der Waals surface area contributed by atoms with Gasteiger partial charge in [-0.25, -0.2) is 4.39 Å². The van der Waals surface area contributed by atoms with E-state index in [1.807, 2.05) is 0 Å². The van der Waals surface area contributed by atoms with Crippen LogP contribution in [0.5, 0.6) is 5.75 Å². The normalized spacial score (nSPS) is 24.0. The summed E-state index contributed by atoms with van der Waals surface area (Å²) in [6.45, 7) is 2.49. The first-order valence-electron chi connectivity index (χ1n) is 7.84. The van der Waals surface area contributed by atoms with Gasteiger partial charge in [0.15, 0.2) is 0 Å². The van der Waals surface area contributed by atoms with Crippen molar-refractivity contribution < 1.29 is 19.0 Å². The lowest BCUT2D eigenvalue weighted by Gasteiger charge is -2.42. The Balaban J connectivity index is 1.69. The van der Waals surface area contributed by atoms with Crippen molar-refractivity contribution in [3.05, 3.63) is 48.5 Å². The molecule has 0 saturated carbocycles. The van der Waals surface area contributed by atoms with Crippen molar-refractivity contribution in [1.29, 1.82) is 0 Å². The van der Waals surface area contributed by atoms with E-state index in [2.05, 4.69) is 5.10 Å². The van der Waals surface area contributed by atoms with Crippen LogP contribution < -0.4 is 4.74 Å². The van der Waals surface area contributed by atoms with Gasteiger partial charge in [0.2, 0.25) is 5.91 Å². The minimum Gasteiger partial charge on any atom is -0.485 e. The molecular formula is C17H20FN3O3. The number of rotatable bonds is 4. The fourth-order valence-electron chi connectivity index (χ4n) is 2.74. The third-order valence-corrected chi connectivity index (χ3v) is 4.25. The number of hydrogen-bond acceptors (Lipinski definition) is 4. The van der Waals surface area contributed by atoms with Gasteiger partial charge >= 0.3 is 0 Å². The predicted molar refractivity (Wildman–Crippen MR) is 84.9 cm³/mol. The Hall–Kier alpha value is -2.41. The molecule has 2 heterocycles. The molecule has 1 saturated heterocycles. The van der Waals surface area contributed by atoms with Crippen LogP contribution in [-0.2, 0) is 11.3 Å². The molecule has 1 aliphatic heterocycles. The minimum atomic E-state index is -1.09. The molecule has 1 aromatic carbocycles. The molecule has 1 aromatic heterocycles. The standard InChI is InChI=1S/C17H20FN3O3/c1-17(23)6-9-20(16(22)12-21-8-3-7-19-21)11-15(17)24-14-5-2-4-13(18)10-14/h2-5,7-8,10,15,23H,6,9,11-12H2,1H3/t15-,17-/m1/s1. The number of halogens is 1. The highest BCUT2D eigenvalue weighted by Crippen LogP contribution is 2.27. The number of likely N-dealkylation sites (tertiary alicyclic amines) is 1. The van der Waals surface area contributed by atoms with Crippen molar-refractivity contribution >= 4 is 5.91 Å².